The summed E-state index contributed by atoms with van der Waals surface area (Å²) in [5.74, 6) is 0.612. The van der Waals surface area contributed by atoms with E-state index in [9.17, 15) is 4.79 Å². The largest absolute Gasteiger partial charge is 0.371 e. The smallest absolute Gasteiger partial charge is 0.159 e. The van der Waals surface area contributed by atoms with E-state index in [4.69, 9.17) is 0 Å². The zero-order chi connectivity index (χ0) is 16.9. The molecule has 2 aromatic carbocycles. The molecule has 0 atom stereocenters. The first-order valence-corrected chi connectivity index (χ1v) is 8.50. The van der Waals surface area contributed by atoms with Gasteiger partial charge in [0, 0.05) is 41.6 Å². The van der Waals surface area contributed by atoms with Crippen LogP contribution in [0.15, 0.2) is 66.9 Å². The Kier molecular flexibility index (Phi) is 4.99. The average Bonchev–Trinajstić information content (AvgIpc) is 2.63. The molecule has 0 amide bonds. The number of hydrogen-bond acceptors (Lipinski definition) is 3. The highest BCUT2D eigenvalue weighted by molar-refractivity contribution is 5.94. The normalized spacial score (nSPS) is 15.1. The van der Waals surface area contributed by atoms with Gasteiger partial charge < -0.3 is 10.2 Å². The van der Waals surface area contributed by atoms with Crippen LogP contribution in [0.2, 0.25) is 0 Å². The van der Waals surface area contributed by atoms with Crippen molar-refractivity contribution in [3.8, 4) is 0 Å². The van der Waals surface area contributed by atoms with E-state index in [2.05, 4.69) is 28.9 Å². The molecule has 0 spiro atoms. The van der Waals surface area contributed by atoms with Crippen molar-refractivity contribution in [2.75, 3.05) is 23.3 Å². The summed E-state index contributed by atoms with van der Waals surface area (Å²) in [4.78, 5) is 13.8. The number of allylic oxidation sites excluding steroid dienone is 1. The van der Waals surface area contributed by atoms with Gasteiger partial charge in [0.1, 0.15) is 0 Å². The molecule has 3 nitrogen and oxygen atoms in total. The number of para-hydroxylation sites is 1. The van der Waals surface area contributed by atoms with Crippen molar-refractivity contribution in [1.29, 1.82) is 0 Å². The fraction of sp³-hybridized carbons (Fsp3) is 0.286. The standard InChI is InChI=1S/C21H24N2O/c1-16(22-20-6-4-3-5-7-20)18-12-14-23(15-13-18)21-10-8-19(9-11-21)17(2)24/h3-11,18,22H,1,12-15H2,2H3. The molecule has 1 heterocycles. The van der Waals surface area contributed by atoms with Crippen LogP contribution in [0.4, 0.5) is 11.4 Å². The zero-order valence-electron chi connectivity index (χ0n) is 14.2. The van der Waals surface area contributed by atoms with Gasteiger partial charge in [0.25, 0.3) is 0 Å². The number of rotatable bonds is 5. The fourth-order valence-corrected chi connectivity index (χ4v) is 3.20. The minimum atomic E-state index is 0.114. The van der Waals surface area contributed by atoms with Gasteiger partial charge in [-0.3, -0.25) is 4.79 Å². The van der Waals surface area contributed by atoms with Crippen LogP contribution in [-0.4, -0.2) is 18.9 Å². The Bertz CT molecular complexity index is 698. The van der Waals surface area contributed by atoms with Crippen LogP contribution in [0, 0.1) is 5.92 Å². The van der Waals surface area contributed by atoms with Crippen LogP contribution >= 0.6 is 0 Å². The lowest BCUT2D eigenvalue weighted by Crippen LogP contribution is -2.35. The Labute approximate surface area is 144 Å². The Balaban J connectivity index is 1.55. The summed E-state index contributed by atoms with van der Waals surface area (Å²) in [6, 6.07) is 18.1. The second-order valence-electron chi connectivity index (χ2n) is 6.38. The Morgan fingerprint density at radius 2 is 1.67 bits per heavy atom. The molecule has 3 heteroatoms. The fourth-order valence-electron chi connectivity index (χ4n) is 3.20. The predicted molar refractivity (Wildman–Crippen MR) is 101 cm³/mol. The number of piperidine rings is 1. The van der Waals surface area contributed by atoms with Gasteiger partial charge in [-0.15, -0.1) is 0 Å². The lowest BCUT2D eigenvalue weighted by molar-refractivity contribution is 0.101. The molecule has 0 radical (unpaired) electrons. The average molecular weight is 320 g/mol. The van der Waals surface area contributed by atoms with Crippen molar-refractivity contribution in [3.05, 3.63) is 72.4 Å². The topological polar surface area (TPSA) is 32.3 Å². The van der Waals surface area contributed by atoms with Gasteiger partial charge in [-0.1, -0.05) is 24.8 Å². The quantitative estimate of drug-likeness (QED) is 0.808. The summed E-state index contributed by atoms with van der Waals surface area (Å²) in [5, 5.41) is 3.44. The number of hydrogen-bond donors (Lipinski definition) is 1. The second-order valence-corrected chi connectivity index (χ2v) is 6.38. The Morgan fingerprint density at radius 1 is 1.04 bits per heavy atom. The lowest BCUT2D eigenvalue weighted by Gasteiger charge is -2.34. The Hall–Kier alpha value is -2.55. The molecule has 1 saturated heterocycles. The highest BCUT2D eigenvalue weighted by atomic mass is 16.1. The minimum absolute atomic E-state index is 0.114. The molecule has 1 aliphatic rings. The third-order valence-corrected chi connectivity index (χ3v) is 4.71. The van der Waals surface area contributed by atoms with Crippen molar-refractivity contribution in [1.82, 2.24) is 0 Å². The molecule has 1 fully saturated rings. The van der Waals surface area contributed by atoms with Gasteiger partial charge in [-0.05, 0) is 56.2 Å². The van der Waals surface area contributed by atoms with Gasteiger partial charge in [-0.25, -0.2) is 0 Å². The summed E-state index contributed by atoms with van der Waals surface area (Å²) >= 11 is 0. The third kappa shape index (κ3) is 3.85. The van der Waals surface area contributed by atoms with Crippen LogP contribution in [0.25, 0.3) is 0 Å². The van der Waals surface area contributed by atoms with Gasteiger partial charge in [0.05, 0.1) is 0 Å². The maximum atomic E-state index is 11.4. The molecule has 1 aliphatic heterocycles. The monoisotopic (exact) mass is 320 g/mol. The molecule has 0 saturated carbocycles. The van der Waals surface area contributed by atoms with Crippen LogP contribution in [0.5, 0.6) is 0 Å². The number of carbonyl (C=O) groups excluding carboxylic acids is 1. The van der Waals surface area contributed by atoms with Crippen LogP contribution in [0.3, 0.4) is 0 Å². The number of ketones is 1. The van der Waals surface area contributed by atoms with Gasteiger partial charge in [0.2, 0.25) is 0 Å². The number of anilines is 2. The molecule has 0 aliphatic carbocycles. The summed E-state index contributed by atoms with van der Waals surface area (Å²) in [5.41, 5.74) is 4.17. The SMILES string of the molecule is C=C(Nc1ccccc1)C1CCN(c2ccc(C(C)=O)cc2)CC1. The number of Topliss-reactive ketones (excluding diaryl/α,β-unsaturated/α-hetero) is 1. The first kappa shape index (κ1) is 16.3. The molecule has 3 rings (SSSR count). The van der Waals surface area contributed by atoms with E-state index in [1.165, 1.54) is 5.69 Å². The van der Waals surface area contributed by atoms with E-state index in [1.807, 2.05) is 42.5 Å². The number of carbonyl (C=O) groups is 1. The predicted octanol–water partition coefficient (Wildman–Crippen LogP) is 4.73. The van der Waals surface area contributed by atoms with Crippen LogP contribution in [0.1, 0.15) is 30.1 Å². The maximum absolute atomic E-state index is 11.4. The van der Waals surface area contributed by atoms with Crippen molar-refractivity contribution < 1.29 is 4.79 Å². The Morgan fingerprint density at radius 3 is 2.25 bits per heavy atom. The molecule has 0 bridgehead atoms. The number of benzene rings is 2. The first-order valence-electron chi connectivity index (χ1n) is 8.50. The van der Waals surface area contributed by atoms with Gasteiger partial charge >= 0.3 is 0 Å². The lowest BCUT2D eigenvalue weighted by atomic mass is 9.93. The summed E-state index contributed by atoms with van der Waals surface area (Å²) < 4.78 is 0. The van der Waals surface area contributed by atoms with Crippen molar-refractivity contribution in [2.45, 2.75) is 19.8 Å². The molecule has 124 valence electrons. The minimum Gasteiger partial charge on any atom is -0.371 e. The number of nitrogens with zero attached hydrogens (tertiary/aromatic N) is 1. The molecule has 0 unspecified atom stereocenters. The summed E-state index contributed by atoms with van der Waals surface area (Å²) in [7, 11) is 0. The summed E-state index contributed by atoms with van der Waals surface area (Å²) in [6.45, 7) is 7.87. The molecule has 1 N–H and O–H groups in total. The first-order chi connectivity index (χ1) is 11.6. The van der Waals surface area contributed by atoms with E-state index >= 15 is 0 Å². The highest BCUT2D eigenvalue weighted by Crippen LogP contribution is 2.28. The van der Waals surface area contributed by atoms with E-state index < -0.39 is 0 Å². The van der Waals surface area contributed by atoms with Crippen molar-refractivity contribution in [3.63, 3.8) is 0 Å². The second kappa shape index (κ2) is 7.35. The van der Waals surface area contributed by atoms with E-state index in [0.29, 0.717) is 5.92 Å². The molecule has 0 aromatic heterocycles. The van der Waals surface area contributed by atoms with E-state index in [0.717, 1.165) is 42.9 Å². The van der Waals surface area contributed by atoms with Crippen LogP contribution in [-0.2, 0) is 0 Å². The van der Waals surface area contributed by atoms with E-state index in [-0.39, 0.29) is 5.78 Å². The maximum Gasteiger partial charge on any atom is 0.159 e. The molecular formula is C21H24N2O. The highest BCUT2D eigenvalue weighted by Gasteiger charge is 2.21. The van der Waals surface area contributed by atoms with Crippen molar-refractivity contribution >= 4 is 17.2 Å². The van der Waals surface area contributed by atoms with E-state index in [1.54, 1.807) is 6.92 Å². The molecular weight excluding hydrogens is 296 g/mol. The molecule has 24 heavy (non-hydrogen) atoms. The van der Waals surface area contributed by atoms with Gasteiger partial charge in [0.15, 0.2) is 5.78 Å². The third-order valence-electron chi connectivity index (χ3n) is 4.71. The molecule has 2 aromatic rings. The zero-order valence-corrected chi connectivity index (χ0v) is 14.2. The van der Waals surface area contributed by atoms with Gasteiger partial charge in [-0.2, -0.15) is 0 Å². The number of nitrogens with one attached hydrogen (secondary N) is 1. The van der Waals surface area contributed by atoms with Crippen molar-refractivity contribution in [2.24, 2.45) is 5.92 Å². The summed E-state index contributed by atoms with van der Waals surface area (Å²) in [6.07, 6.45) is 2.18. The van der Waals surface area contributed by atoms with Crippen LogP contribution < -0.4 is 10.2 Å².